The standard InChI is InChI=1S/C11H17BrN4O3/c1-16(7-9(17)13-4-5-18-2)11-14-6-8(12)10(15-11)19-3/h6H,4-5,7H2,1-3H3,(H,13,17). The number of carbonyl (C=O) groups excluding carboxylic acids is 1. The van der Waals surface area contributed by atoms with Gasteiger partial charge in [0.2, 0.25) is 17.7 Å². The maximum Gasteiger partial charge on any atom is 0.239 e. The van der Waals surface area contributed by atoms with Gasteiger partial charge in [0, 0.05) is 20.7 Å². The Kier molecular flexibility index (Phi) is 6.51. The summed E-state index contributed by atoms with van der Waals surface area (Å²) in [7, 11) is 4.84. The van der Waals surface area contributed by atoms with E-state index in [1.54, 1.807) is 25.3 Å². The Labute approximate surface area is 120 Å². The normalized spacial score (nSPS) is 10.1. The predicted molar refractivity (Wildman–Crippen MR) is 74.4 cm³/mol. The minimum atomic E-state index is -0.120. The number of nitrogens with zero attached hydrogens (tertiary/aromatic N) is 3. The molecule has 0 saturated carbocycles. The maximum atomic E-state index is 11.6. The van der Waals surface area contributed by atoms with Gasteiger partial charge in [-0.15, -0.1) is 0 Å². The summed E-state index contributed by atoms with van der Waals surface area (Å²) in [4.78, 5) is 21.6. The first kappa shape index (κ1) is 15.6. The van der Waals surface area contributed by atoms with Crippen molar-refractivity contribution in [1.82, 2.24) is 15.3 Å². The Hall–Kier alpha value is -1.41. The molecule has 0 fully saturated rings. The molecule has 0 aliphatic carbocycles. The molecule has 1 aromatic heterocycles. The minimum Gasteiger partial charge on any atom is -0.480 e. The van der Waals surface area contributed by atoms with Crippen molar-refractivity contribution in [2.24, 2.45) is 0 Å². The van der Waals surface area contributed by atoms with E-state index < -0.39 is 0 Å². The second kappa shape index (κ2) is 7.90. The van der Waals surface area contributed by atoms with Gasteiger partial charge in [0.15, 0.2) is 0 Å². The molecule has 1 N–H and O–H groups in total. The highest BCUT2D eigenvalue weighted by molar-refractivity contribution is 9.10. The van der Waals surface area contributed by atoms with E-state index in [0.717, 1.165) is 0 Å². The molecule has 7 nitrogen and oxygen atoms in total. The van der Waals surface area contributed by atoms with E-state index in [4.69, 9.17) is 9.47 Å². The molecule has 1 rings (SSSR count). The molecule has 0 spiro atoms. The molecule has 1 amide bonds. The van der Waals surface area contributed by atoms with Crippen molar-refractivity contribution in [3.8, 4) is 5.88 Å². The van der Waals surface area contributed by atoms with Gasteiger partial charge in [0.25, 0.3) is 0 Å². The SMILES string of the molecule is COCCNC(=O)CN(C)c1ncc(Br)c(OC)n1. The Morgan fingerprint density at radius 1 is 1.53 bits per heavy atom. The highest BCUT2D eigenvalue weighted by atomic mass is 79.9. The highest BCUT2D eigenvalue weighted by Crippen LogP contribution is 2.22. The van der Waals surface area contributed by atoms with Gasteiger partial charge in [0.1, 0.15) is 0 Å². The van der Waals surface area contributed by atoms with Gasteiger partial charge in [-0.2, -0.15) is 4.98 Å². The molecule has 0 saturated heterocycles. The molecule has 1 heterocycles. The summed E-state index contributed by atoms with van der Waals surface area (Å²) >= 11 is 3.27. The van der Waals surface area contributed by atoms with Gasteiger partial charge in [-0.25, -0.2) is 4.98 Å². The molecule has 1 aromatic rings. The number of aromatic nitrogens is 2. The van der Waals surface area contributed by atoms with Gasteiger partial charge in [-0.1, -0.05) is 0 Å². The van der Waals surface area contributed by atoms with Crippen LogP contribution in [0, 0.1) is 0 Å². The van der Waals surface area contributed by atoms with E-state index in [-0.39, 0.29) is 12.5 Å². The fraction of sp³-hybridized carbons (Fsp3) is 0.545. The van der Waals surface area contributed by atoms with Gasteiger partial charge in [0.05, 0.1) is 30.9 Å². The molecule has 0 aliphatic rings. The van der Waals surface area contributed by atoms with Gasteiger partial charge in [-0.05, 0) is 15.9 Å². The van der Waals surface area contributed by atoms with Crippen molar-refractivity contribution in [2.45, 2.75) is 0 Å². The lowest BCUT2D eigenvalue weighted by Gasteiger charge is -2.17. The van der Waals surface area contributed by atoms with Crippen LogP contribution in [0.5, 0.6) is 5.88 Å². The van der Waals surface area contributed by atoms with Crippen LogP contribution in [-0.4, -0.2) is 56.8 Å². The van der Waals surface area contributed by atoms with Crippen LogP contribution in [0.1, 0.15) is 0 Å². The number of halogens is 1. The Balaban J connectivity index is 2.57. The number of amides is 1. The maximum absolute atomic E-state index is 11.6. The first-order valence-corrected chi connectivity index (χ1v) is 6.41. The van der Waals surface area contributed by atoms with E-state index in [1.165, 1.54) is 7.11 Å². The average molecular weight is 333 g/mol. The first-order chi connectivity index (χ1) is 9.08. The number of anilines is 1. The lowest BCUT2D eigenvalue weighted by atomic mass is 10.5. The number of hydrogen-bond donors (Lipinski definition) is 1. The summed E-state index contributed by atoms with van der Waals surface area (Å²) in [5, 5.41) is 2.72. The lowest BCUT2D eigenvalue weighted by Crippen LogP contribution is -2.37. The van der Waals surface area contributed by atoms with Gasteiger partial charge < -0.3 is 19.7 Å². The predicted octanol–water partition coefficient (Wildman–Crippen LogP) is 0.446. The second-order valence-corrected chi connectivity index (χ2v) is 4.58. The minimum absolute atomic E-state index is 0.120. The number of likely N-dealkylation sites (N-methyl/N-ethyl adjacent to an activating group) is 1. The number of methoxy groups -OCH3 is 2. The molecule has 0 aliphatic heterocycles. The third kappa shape index (κ3) is 4.99. The number of carbonyl (C=O) groups is 1. The van der Waals surface area contributed by atoms with Crippen molar-refractivity contribution in [1.29, 1.82) is 0 Å². The van der Waals surface area contributed by atoms with Crippen LogP contribution in [0.2, 0.25) is 0 Å². The number of rotatable bonds is 7. The molecule has 0 atom stereocenters. The Morgan fingerprint density at radius 3 is 2.89 bits per heavy atom. The van der Waals surface area contributed by atoms with Crippen LogP contribution in [-0.2, 0) is 9.53 Å². The zero-order valence-corrected chi connectivity index (χ0v) is 12.7. The first-order valence-electron chi connectivity index (χ1n) is 5.61. The average Bonchev–Trinajstić information content (AvgIpc) is 2.39. The molecule has 0 radical (unpaired) electrons. The summed E-state index contributed by atoms with van der Waals surface area (Å²) in [6.07, 6.45) is 1.58. The smallest absolute Gasteiger partial charge is 0.239 e. The monoisotopic (exact) mass is 332 g/mol. The van der Waals surface area contributed by atoms with Crippen molar-refractivity contribution in [2.75, 3.05) is 45.9 Å². The molecular formula is C11H17BrN4O3. The summed E-state index contributed by atoms with van der Waals surface area (Å²) in [6.45, 7) is 1.13. The van der Waals surface area contributed by atoms with Crippen molar-refractivity contribution < 1.29 is 14.3 Å². The van der Waals surface area contributed by atoms with Crippen molar-refractivity contribution in [3.63, 3.8) is 0 Å². The van der Waals surface area contributed by atoms with E-state index in [9.17, 15) is 4.79 Å². The topological polar surface area (TPSA) is 76.6 Å². The molecule has 8 heteroatoms. The lowest BCUT2D eigenvalue weighted by molar-refractivity contribution is -0.119. The molecule has 19 heavy (non-hydrogen) atoms. The van der Waals surface area contributed by atoms with Crippen LogP contribution < -0.4 is 15.0 Å². The summed E-state index contributed by atoms with van der Waals surface area (Å²) in [6, 6.07) is 0. The Bertz CT molecular complexity index is 430. The second-order valence-electron chi connectivity index (χ2n) is 3.73. The third-order valence-corrected chi connectivity index (χ3v) is 2.79. The summed E-state index contributed by atoms with van der Waals surface area (Å²) < 4.78 is 10.6. The summed E-state index contributed by atoms with van der Waals surface area (Å²) in [5.41, 5.74) is 0. The highest BCUT2D eigenvalue weighted by Gasteiger charge is 2.12. The largest absolute Gasteiger partial charge is 0.480 e. The van der Waals surface area contributed by atoms with Gasteiger partial charge in [-0.3, -0.25) is 4.79 Å². The van der Waals surface area contributed by atoms with E-state index in [2.05, 4.69) is 31.2 Å². The molecule has 106 valence electrons. The Morgan fingerprint density at radius 2 is 2.26 bits per heavy atom. The van der Waals surface area contributed by atoms with E-state index >= 15 is 0 Å². The third-order valence-electron chi connectivity index (χ3n) is 2.24. The quantitative estimate of drug-likeness (QED) is 0.730. The van der Waals surface area contributed by atoms with Crippen molar-refractivity contribution >= 4 is 27.8 Å². The fourth-order valence-electron chi connectivity index (χ4n) is 1.30. The van der Waals surface area contributed by atoms with Crippen LogP contribution in [0.15, 0.2) is 10.7 Å². The zero-order chi connectivity index (χ0) is 14.3. The van der Waals surface area contributed by atoms with Crippen LogP contribution in [0.25, 0.3) is 0 Å². The van der Waals surface area contributed by atoms with Gasteiger partial charge >= 0.3 is 0 Å². The van der Waals surface area contributed by atoms with Crippen LogP contribution in [0.4, 0.5) is 5.95 Å². The molecular weight excluding hydrogens is 316 g/mol. The summed E-state index contributed by atoms with van der Waals surface area (Å²) in [5.74, 6) is 0.726. The van der Waals surface area contributed by atoms with Crippen LogP contribution in [0.3, 0.4) is 0 Å². The number of nitrogens with one attached hydrogen (secondary N) is 1. The molecule has 0 unspecified atom stereocenters. The number of hydrogen-bond acceptors (Lipinski definition) is 6. The molecule has 0 aromatic carbocycles. The zero-order valence-electron chi connectivity index (χ0n) is 11.1. The van der Waals surface area contributed by atoms with E-state index in [0.29, 0.717) is 29.5 Å². The van der Waals surface area contributed by atoms with E-state index in [1.807, 2.05) is 0 Å². The van der Waals surface area contributed by atoms with Crippen molar-refractivity contribution in [3.05, 3.63) is 10.7 Å². The number of ether oxygens (including phenoxy) is 2. The molecule has 0 bridgehead atoms. The fourth-order valence-corrected chi connectivity index (χ4v) is 1.66. The van der Waals surface area contributed by atoms with Crippen LogP contribution >= 0.6 is 15.9 Å².